The van der Waals surface area contributed by atoms with Crippen LogP contribution < -0.4 is 0 Å². The van der Waals surface area contributed by atoms with Gasteiger partial charge in [0.05, 0.1) is 5.69 Å². The van der Waals surface area contributed by atoms with E-state index in [0.717, 1.165) is 39.7 Å². The van der Waals surface area contributed by atoms with Crippen LogP contribution in [-0.4, -0.2) is 59.7 Å². The molecule has 0 aliphatic rings. The Kier molecular flexibility index (Phi) is 5.63. The molecule has 0 aliphatic carbocycles. The molecule has 5 nitrogen and oxygen atoms in total. The summed E-state index contributed by atoms with van der Waals surface area (Å²) in [4.78, 5) is 16.6. The number of hydrogen-bond acceptors (Lipinski definition) is 3. The molecule has 152 valence electrons. The number of benzene rings is 3. The number of likely N-dealkylation sites (N-methyl/N-ethyl adjacent to an activating group) is 2. The quantitative estimate of drug-likeness (QED) is 0.486. The molecule has 1 heterocycles. The van der Waals surface area contributed by atoms with E-state index in [9.17, 15) is 4.79 Å². The first-order chi connectivity index (χ1) is 14.5. The summed E-state index contributed by atoms with van der Waals surface area (Å²) in [6.45, 7) is 1.55. The second-order valence-corrected chi connectivity index (χ2v) is 7.80. The minimum absolute atomic E-state index is 0.0528. The highest BCUT2D eigenvalue weighted by Crippen LogP contribution is 2.26. The zero-order valence-corrected chi connectivity index (χ0v) is 17.6. The van der Waals surface area contributed by atoms with Crippen molar-refractivity contribution in [1.82, 2.24) is 19.6 Å². The molecule has 0 N–H and O–H groups in total. The Labute approximate surface area is 177 Å². The lowest BCUT2D eigenvalue weighted by Gasteiger charge is -2.20. The van der Waals surface area contributed by atoms with Crippen molar-refractivity contribution >= 4 is 16.7 Å². The molecule has 0 radical (unpaired) electrons. The van der Waals surface area contributed by atoms with E-state index in [0.29, 0.717) is 6.54 Å². The Hall–Kier alpha value is -3.44. The van der Waals surface area contributed by atoms with E-state index in [4.69, 9.17) is 0 Å². The molecule has 0 atom stereocenters. The summed E-state index contributed by atoms with van der Waals surface area (Å²) in [7, 11) is 5.87. The Morgan fingerprint density at radius 2 is 1.57 bits per heavy atom. The van der Waals surface area contributed by atoms with Crippen molar-refractivity contribution in [2.75, 3.05) is 34.2 Å². The second kappa shape index (κ2) is 8.51. The molecule has 0 unspecified atom stereocenters. The fourth-order valence-corrected chi connectivity index (χ4v) is 3.46. The fraction of sp³-hybridized carbons (Fsp3) is 0.200. The van der Waals surface area contributed by atoms with Crippen LogP contribution in [0.1, 0.15) is 10.4 Å². The Morgan fingerprint density at radius 3 is 2.27 bits per heavy atom. The average Bonchev–Trinajstić information content (AvgIpc) is 3.31. The topological polar surface area (TPSA) is 41.4 Å². The molecule has 0 saturated carbocycles. The minimum atomic E-state index is 0.0528. The molecule has 0 fully saturated rings. The zero-order chi connectivity index (χ0) is 21.1. The van der Waals surface area contributed by atoms with E-state index in [2.05, 4.69) is 52.5 Å². The predicted molar refractivity (Wildman–Crippen MR) is 122 cm³/mol. The van der Waals surface area contributed by atoms with Crippen LogP contribution in [0.2, 0.25) is 0 Å². The maximum atomic E-state index is 12.7. The average molecular weight is 399 g/mol. The van der Waals surface area contributed by atoms with Gasteiger partial charge in [-0.2, -0.15) is 5.10 Å². The van der Waals surface area contributed by atoms with Gasteiger partial charge in [0.2, 0.25) is 0 Å². The molecule has 1 aromatic heterocycles. The van der Waals surface area contributed by atoms with Crippen molar-refractivity contribution in [3.63, 3.8) is 0 Å². The lowest BCUT2D eigenvalue weighted by Crippen LogP contribution is -2.33. The summed E-state index contributed by atoms with van der Waals surface area (Å²) in [5.74, 6) is 0.0528. The van der Waals surface area contributed by atoms with Gasteiger partial charge < -0.3 is 9.80 Å². The van der Waals surface area contributed by atoms with Crippen molar-refractivity contribution in [3.8, 4) is 16.8 Å². The van der Waals surface area contributed by atoms with E-state index >= 15 is 0 Å². The third-order valence-corrected chi connectivity index (χ3v) is 5.29. The van der Waals surface area contributed by atoms with Crippen LogP contribution in [0.25, 0.3) is 27.6 Å². The van der Waals surface area contributed by atoms with Gasteiger partial charge in [-0.15, -0.1) is 0 Å². The number of aromatic nitrogens is 2. The van der Waals surface area contributed by atoms with Crippen molar-refractivity contribution in [1.29, 1.82) is 0 Å². The number of rotatable bonds is 6. The van der Waals surface area contributed by atoms with Gasteiger partial charge >= 0.3 is 0 Å². The lowest BCUT2D eigenvalue weighted by atomic mass is 9.99. The van der Waals surface area contributed by atoms with Gasteiger partial charge in [0.25, 0.3) is 5.91 Å². The molecular formula is C25H26N4O. The van der Waals surface area contributed by atoms with Gasteiger partial charge in [-0.25, -0.2) is 4.68 Å². The van der Waals surface area contributed by atoms with Gasteiger partial charge in [0.1, 0.15) is 0 Å². The Morgan fingerprint density at radius 1 is 0.867 bits per heavy atom. The van der Waals surface area contributed by atoms with Crippen LogP contribution in [0, 0.1) is 0 Å². The smallest absolute Gasteiger partial charge is 0.253 e. The van der Waals surface area contributed by atoms with E-state index in [1.54, 1.807) is 11.1 Å². The van der Waals surface area contributed by atoms with Crippen molar-refractivity contribution in [3.05, 3.63) is 84.7 Å². The minimum Gasteiger partial charge on any atom is -0.340 e. The predicted octanol–water partition coefficient (Wildman–Crippen LogP) is 4.33. The first-order valence-corrected chi connectivity index (χ1v) is 10.1. The number of carbonyl (C=O) groups is 1. The van der Waals surface area contributed by atoms with Gasteiger partial charge in [0.15, 0.2) is 0 Å². The first kappa shape index (κ1) is 19.9. The fourth-order valence-electron chi connectivity index (χ4n) is 3.46. The summed E-state index contributed by atoms with van der Waals surface area (Å²) in [5.41, 5.74) is 4.05. The summed E-state index contributed by atoms with van der Waals surface area (Å²) in [6.07, 6.45) is 3.71. The molecule has 0 spiro atoms. The summed E-state index contributed by atoms with van der Waals surface area (Å²) < 4.78 is 1.85. The standard InChI is InChI=1S/C25H26N4O/c1-27(2)15-16-28(3)25(30)23-8-7-21-17-20(5-6-22(21)18-23)19-9-11-24(12-10-19)29-14-4-13-26-29/h4-14,17-18H,15-16H2,1-3H3. The third-order valence-electron chi connectivity index (χ3n) is 5.29. The molecule has 0 bridgehead atoms. The van der Waals surface area contributed by atoms with E-state index in [1.165, 1.54) is 0 Å². The van der Waals surface area contributed by atoms with E-state index in [-0.39, 0.29) is 5.91 Å². The summed E-state index contributed by atoms with van der Waals surface area (Å²) in [6, 6.07) is 22.6. The van der Waals surface area contributed by atoms with Crippen LogP contribution in [0.4, 0.5) is 0 Å². The van der Waals surface area contributed by atoms with E-state index in [1.807, 2.05) is 56.3 Å². The van der Waals surface area contributed by atoms with Crippen LogP contribution in [0.3, 0.4) is 0 Å². The largest absolute Gasteiger partial charge is 0.340 e. The maximum Gasteiger partial charge on any atom is 0.253 e. The SMILES string of the molecule is CN(C)CCN(C)C(=O)c1ccc2cc(-c3ccc(-n4cccn4)cc3)ccc2c1. The molecule has 5 heteroatoms. The second-order valence-electron chi connectivity index (χ2n) is 7.80. The number of fused-ring (bicyclic) bond motifs is 1. The van der Waals surface area contributed by atoms with Crippen LogP contribution in [0.5, 0.6) is 0 Å². The zero-order valence-electron chi connectivity index (χ0n) is 17.6. The highest BCUT2D eigenvalue weighted by atomic mass is 16.2. The van der Waals surface area contributed by atoms with Crippen LogP contribution in [0.15, 0.2) is 79.1 Å². The number of nitrogens with zero attached hydrogens (tertiary/aromatic N) is 4. The highest BCUT2D eigenvalue weighted by Gasteiger charge is 2.12. The number of carbonyl (C=O) groups excluding carboxylic acids is 1. The summed E-state index contributed by atoms with van der Waals surface area (Å²) >= 11 is 0. The number of hydrogen-bond donors (Lipinski definition) is 0. The normalized spacial score (nSPS) is 11.2. The van der Waals surface area contributed by atoms with Crippen LogP contribution in [-0.2, 0) is 0 Å². The van der Waals surface area contributed by atoms with Crippen molar-refractivity contribution in [2.24, 2.45) is 0 Å². The van der Waals surface area contributed by atoms with Crippen molar-refractivity contribution in [2.45, 2.75) is 0 Å². The molecule has 4 rings (SSSR count). The lowest BCUT2D eigenvalue weighted by molar-refractivity contribution is 0.0786. The highest BCUT2D eigenvalue weighted by molar-refractivity contribution is 5.99. The van der Waals surface area contributed by atoms with Gasteiger partial charge in [0, 0.05) is 38.1 Å². The van der Waals surface area contributed by atoms with Gasteiger partial charge in [-0.1, -0.05) is 30.3 Å². The Bertz CT molecular complexity index is 1150. The molecule has 1 amide bonds. The van der Waals surface area contributed by atoms with Gasteiger partial charge in [-0.3, -0.25) is 4.79 Å². The molecule has 4 aromatic rings. The molecule has 0 saturated heterocycles. The Balaban J connectivity index is 1.55. The van der Waals surface area contributed by atoms with Crippen molar-refractivity contribution < 1.29 is 4.79 Å². The maximum absolute atomic E-state index is 12.7. The van der Waals surface area contributed by atoms with Crippen LogP contribution >= 0.6 is 0 Å². The monoisotopic (exact) mass is 398 g/mol. The third kappa shape index (κ3) is 4.26. The molecular weight excluding hydrogens is 372 g/mol. The first-order valence-electron chi connectivity index (χ1n) is 10.1. The molecule has 30 heavy (non-hydrogen) atoms. The number of amides is 1. The van der Waals surface area contributed by atoms with E-state index < -0.39 is 0 Å². The summed E-state index contributed by atoms with van der Waals surface area (Å²) in [5, 5.41) is 6.46. The molecule has 3 aromatic carbocycles. The van der Waals surface area contributed by atoms with Gasteiger partial charge in [-0.05, 0) is 72.4 Å². The molecule has 0 aliphatic heterocycles.